The summed E-state index contributed by atoms with van der Waals surface area (Å²) in [5.74, 6) is -1.15. The predicted molar refractivity (Wildman–Crippen MR) is 109 cm³/mol. The third-order valence-electron chi connectivity index (χ3n) is 3.95. The number of halogens is 2. The molecule has 0 aliphatic rings. The summed E-state index contributed by atoms with van der Waals surface area (Å²) in [5, 5.41) is 0.653. The minimum Gasteiger partial charge on any atom is -0.463 e. The van der Waals surface area contributed by atoms with Crippen molar-refractivity contribution in [2.45, 2.75) is 64.7 Å². The van der Waals surface area contributed by atoms with E-state index in [1.165, 1.54) is 50.7 Å². The Hall–Kier alpha value is -1.52. The van der Waals surface area contributed by atoms with Crippen LogP contribution in [-0.2, 0) is 14.3 Å². The zero-order valence-electron chi connectivity index (χ0n) is 15.8. The maximum Gasteiger partial charge on any atom is 0.336 e. The molecule has 0 amide bonds. The maximum absolute atomic E-state index is 11.7. The molecule has 27 heavy (non-hydrogen) atoms. The first kappa shape index (κ1) is 23.5. The molecule has 0 fully saturated rings. The van der Waals surface area contributed by atoms with Crippen LogP contribution in [0.2, 0.25) is 10.0 Å². The Morgan fingerprint density at radius 2 is 1.48 bits per heavy atom. The van der Waals surface area contributed by atoms with Crippen LogP contribution in [0.4, 0.5) is 0 Å². The van der Waals surface area contributed by atoms with E-state index >= 15 is 0 Å². The van der Waals surface area contributed by atoms with Crippen molar-refractivity contribution in [3.8, 4) is 5.75 Å². The van der Waals surface area contributed by atoms with Crippen molar-refractivity contribution >= 4 is 35.1 Å². The first-order valence-electron chi connectivity index (χ1n) is 9.54. The van der Waals surface area contributed by atoms with Gasteiger partial charge in [-0.15, -0.1) is 0 Å². The van der Waals surface area contributed by atoms with Gasteiger partial charge in [-0.05, 0) is 18.6 Å². The lowest BCUT2D eigenvalue weighted by Gasteiger charge is -2.04. The number of hydrogen-bond acceptors (Lipinski definition) is 4. The molecule has 6 heteroatoms. The Kier molecular flexibility index (Phi) is 12.7. The highest BCUT2D eigenvalue weighted by molar-refractivity contribution is 6.34. The molecular formula is C21H28Cl2O4. The number of carbonyl (C=O) groups is 2. The normalized spacial score (nSPS) is 10.9. The average Bonchev–Trinajstić information content (AvgIpc) is 2.64. The molecule has 0 spiro atoms. The van der Waals surface area contributed by atoms with Crippen molar-refractivity contribution in [2.75, 3.05) is 6.61 Å². The highest BCUT2D eigenvalue weighted by Crippen LogP contribution is 2.27. The van der Waals surface area contributed by atoms with Gasteiger partial charge in [-0.2, -0.15) is 0 Å². The number of carbonyl (C=O) groups excluding carboxylic acids is 2. The standard InChI is InChI=1S/C21H28Cl2O4/c1-2-3-4-5-6-7-8-9-10-15-26-20(24)13-14-21(25)27-19-16-17(22)11-12-18(19)23/h11-14,16H,2-10,15H2,1H3/b14-13+. The van der Waals surface area contributed by atoms with E-state index in [9.17, 15) is 9.59 Å². The van der Waals surface area contributed by atoms with Gasteiger partial charge in [0.05, 0.1) is 11.6 Å². The van der Waals surface area contributed by atoms with E-state index < -0.39 is 11.9 Å². The molecule has 0 unspecified atom stereocenters. The minimum absolute atomic E-state index is 0.141. The van der Waals surface area contributed by atoms with E-state index in [1.54, 1.807) is 6.07 Å². The SMILES string of the molecule is CCCCCCCCCCCOC(=O)/C=C/C(=O)Oc1cc(Cl)ccc1Cl. The van der Waals surface area contributed by atoms with E-state index in [0.29, 0.717) is 11.6 Å². The van der Waals surface area contributed by atoms with Crippen LogP contribution in [0.5, 0.6) is 5.75 Å². The molecular weight excluding hydrogens is 387 g/mol. The van der Waals surface area contributed by atoms with Gasteiger partial charge in [-0.25, -0.2) is 9.59 Å². The second kappa shape index (κ2) is 14.5. The van der Waals surface area contributed by atoms with Crippen LogP contribution in [-0.4, -0.2) is 18.5 Å². The van der Waals surface area contributed by atoms with Crippen molar-refractivity contribution in [1.29, 1.82) is 0 Å². The topological polar surface area (TPSA) is 52.6 Å². The molecule has 0 heterocycles. The fourth-order valence-electron chi connectivity index (χ4n) is 2.47. The summed E-state index contributed by atoms with van der Waals surface area (Å²) >= 11 is 11.7. The average molecular weight is 415 g/mol. The molecule has 0 aliphatic carbocycles. The zero-order chi connectivity index (χ0) is 19.9. The summed E-state index contributed by atoms with van der Waals surface area (Å²) < 4.78 is 10.1. The lowest BCUT2D eigenvalue weighted by molar-refractivity contribution is -0.138. The Bertz CT molecular complexity index is 614. The molecule has 0 N–H and O–H groups in total. The van der Waals surface area contributed by atoms with E-state index in [2.05, 4.69) is 6.92 Å². The molecule has 0 atom stereocenters. The largest absolute Gasteiger partial charge is 0.463 e. The first-order chi connectivity index (χ1) is 13.0. The first-order valence-corrected chi connectivity index (χ1v) is 10.3. The fraction of sp³-hybridized carbons (Fsp3) is 0.524. The van der Waals surface area contributed by atoms with Gasteiger partial charge in [0.2, 0.25) is 0 Å². The molecule has 0 saturated carbocycles. The molecule has 1 aromatic carbocycles. The zero-order valence-corrected chi connectivity index (χ0v) is 17.4. The molecule has 0 aliphatic heterocycles. The van der Waals surface area contributed by atoms with Gasteiger partial charge in [0.15, 0.2) is 5.75 Å². The molecule has 1 rings (SSSR count). The van der Waals surface area contributed by atoms with Gasteiger partial charge in [0, 0.05) is 23.2 Å². The predicted octanol–water partition coefficient (Wildman–Crippen LogP) is 6.53. The fourth-order valence-corrected chi connectivity index (χ4v) is 2.79. The molecule has 150 valence electrons. The van der Waals surface area contributed by atoms with Crippen LogP contribution in [0.15, 0.2) is 30.4 Å². The number of benzene rings is 1. The third-order valence-corrected chi connectivity index (χ3v) is 4.50. The van der Waals surface area contributed by atoms with E-state index in [-0.39, 0.29) is 10.8 Å². The van der Waals surface area contributed by atoms with Gasteiger partial charge in [0.25, 0.3) is 0 Å². The van der Waals surface area contributed by atoms with Gasteiger partial charge in [-0.1, -0.05) is 81.5 Å². The molecule has 4 nitrogen and oxygen atoms in total. The second-order valence-electron chi connectivity index (χ2n) is 6.33. The molecule has 0 bridgehead atoms. The summed E-state index contributed by atoms with van der Waals surface area (Å²) in [7, 11) is 0. The van der Waals surface area contributed by atoms with Crippen molar-refractivity contribution in [3.63, 3.8) is 0 Å². The summed E-state index contributed by atoms with van der Waals surface area (Å²) in [6.07, 6.45) is 12.8. The van der Waals surface area contributed by atoms with Crippen LogP contribution in [0, 0.1) is 0 Å². The summed E-state index contributed by atoms with van der Waals surface area (Å²) in [4.78, 5) is 23.3. The molecule has 0 aromatic heterocycles. The van der Waals surface area contributed by atoms with Crippen molar-refractivity contribution < 1.29 is 19.1 Å². The Morgan fingerprint density at radius 3 is 2.15 bits per heavy atom. The number of hydrogen-bond donors (Lipinski definition) is 0. The highest BCUT2D eigenvalue weighted by atomic mass is 35.5. The summed E-state index contributed by atoms with van der Waals surface area (Å²) in [6.45, 7) is 2.57. The van der Waals surface area contributed by atoms with Gasteiger partial charge in [0.1, 0.15) is 0 Å². The van der Waals surface area contributed by atoms with Crippen molar-refractivity contribution in [3.05, 3.63) is 40.4 Å². The number of rotatable bonds is 13. The monoisotopic (exact) mass is 414 g/mol. The van der Waals surface area contributed by atoms with E-state index in [1.807, 2.05) is 0 Å². The Balaban J connectivity index is 2.12. The lowest BCUT2D eigenvalue weighted by atomic mass is 10.1. The highest BCUT2D eigenvalue weighted by Gasteiger charge is 2.07. The molecule has 0 radical (unpaired) electrons. The van der Waals surface area contributed by atoms with Gasteiger partial charge < -0.3 is 9.47 Å². The van der Waals surface area contributed by atoms with Crippen LogP contribution < -0.4 is 4.74 Å². The smallest absolute Gasteiger partial charge is 0.336 e. The minimum atomic E-state index is -0.723. The van der Waals surface area contributed by atoms with Crippen molar-refractivity contribution in [1.82, 2.24) is 0 Å². The Morgan fingerprint density at radius 1 is 0.889 bits per heavy atom. The molecule has 1 aromatic rings. The van der Waals surface area contributed by atoms with Crippen LogP contribution in [0.25, 0.3) is 0 Å². The van der Waals surface area contributed by atoms with E-state index in [4.69, 9.17) is 32.7 Å². The van der Waals surface area contributed by atoms with Gasteiger partial charge in [-0.3, -0.25) is 0 Å². The van der Waals surface area contributed by atoms with Crippen LogP contribution in [0.1, 0.15) is 64.7 Å². The Labute approximate surface area is 171 Å². The summed E-state index contributed by atoms with van der Waals surface area (Å²) in [6, 6.07) is 4.54. The molecule has 0 saturated heterocycles. The number of unbranched alkanes of at least 4 members (excludes halogenated alkanes) is 8. The quantitative estimate of drug-likeness (QED) is 0.159. The maximum atomic E-state index is 11.7. The number of esters is 2. The van der Waals surface area contributed by atoms with Gasteiger partial charge >= 0.3 is 11.9 Å². The van der Waals surface area contributed by atoms with Crippen LogP contribution >= 0.6 is 23.2 Å². The van der Waals surface area contributed by atoms with Crippen molar-refractivity contribution in [2.24, 2.45) is 0 Å². The number of ether oxygens (including phenoxy) is 2. The third kappa shape index (κ3) is 11.7. The second-order valence-corrected chi connectivity index (χ2v) is 7.17. The van der Waals surface area contributed by atoms with Crippen LogP contribution in [0.3, 0.4) is 0 Å². The van der Waals surface area contributed by atoms with E-state index in [0.717, 1.165) is 31.4 Å². The lowest BCUT2D eigenvalue weighted by Crippen LogP contribution is -2.07. The summed E-state index contributed by atoms with van der Waals surface area (Å²) in [5.41, 5.74) is 0.